The summed E-state index contributed by atoms with van der Waals surface area (Å²) in [5.74, 6) is -0.975. The fourth-order valence-corrected chi connectivity index (χ4v) is 2.98. The van der Waals surface area contributed by atoms with Gasteiger partial charge >= 0.3 is 5.97 Å². The Morgan fingerprint density at radius 3 is 2.43 bits per heavy atom. The third-order valence-electron chi connectivity index (χ3n) is 3.55. The molecule has 140 valence electrons. The molecule has 28 heavy (non-hydrogen) atoms. The van der Waals surface area contributed by atoms with E-state index < -0.39 is 11.9 Å². The summed E-state index contributed by atoms with van der Waals surface area (Å²) in [4.78, 5) is 29.1. The second-order valence-electron chi connectivity index (χ2n) is 5.53. The molecule has 0 fully saturated rings. The van der Waals surface area contributed by atoms with Crippen LogP contribution in [0.15, 0.2) is 83.0 Å². The van der Waals surface area contributed by atoms with Gasteiger partial charge in [-0.25, -0.2) is 10.3 Å². The summed E-state index contributed by atoms with van der Waals surface area (Å²) < 4.78 is 0.810. The van der Waals surface area contributed by atoms with E-state index in [-0.39, 0.29) is 0 Å². The molecule has 0 aliphatic heterocycles. The molecular weight excluding hydrogens is 493 g/mol. The standard InChI is InChI=1S/C20H13ClIN3O3/c21-14-5-3-4-13(12-14)20(27)28-25-16-10-8-15(9-11-16)23-24-19(26)17-6-1-2-7-18(17)22/h1-12,25H. The number of anilines is 1. The van der Waals surface area contributed by atoms with Crippen molar-refractivity contribution in [1.29, 1.82) is 0 Å². The molecule has 0 saturated heterocycles. The Kier molecular flexibility index (Phi) is 6.72. The quantitative estimate of drug-likeness (QED) is 0.260. The zero-order valence-corrected chi connectivity index (χ0v) is 17.2. The van der Waals surface area contributed by atoms with Gasteiger partial charge in [-0.2, -0.15) is 0 Å². The van der Waals surface area contributed by atoms with E-state index >= 15 is 0 Å². The van der Waals surface area contributed by atoms with Crippen molar-refractivity contribution in [3.8, 4) is 0 Å². The van der Waals surface area contributed by atoms with E-state index in [1.54, 1.807) is 54.6 Å². The number of carbonyl (C=O) groups excluding carboxylic acids is 2. The first-order valence-corrected chi connectivity index (χ1v) is 9.52. The van der Waals surface area contributed by atoms with Crippen LogP contribution in [0.25, 0.3) is 0 Å². The lowest BCUT2D eigenvalue weighted by molar-refractivity contribution is 0.0596. The van der Waals surface area contributed by atoms with Crippen LogP contribution in [0.3, 0.4) is 0 Å². The van der Waals surface area contributed by atoms with E-state index in [0.717, 1.165) is 3.57 Å². The number of azo groups is 1. The summed E-state index contributed by atoms with van der Waals surface area (Å²) in [6, 6.07) is 20.2. The number of rotatable bonds is 5. The minimum Gasteiger partial charge on any atom is -0.338 e. The van der Waals surface area contributed by atoms with Gasteiger partial charge in [0, 0.05) is 8.59 Å². The third kappa shape index (κ3) is 5.37. The molecule has 0 radical (unpaired) electrons. The Balaban J connectivity index is 1.58. The summed E-state index contributed by atoms with van der Waals surface area (Å²) in [5, 5.41) is 8.13. The molecule has 0 aromatic heterocycles. The van der Waals surface area contributed by atoms with Gasteiger partial charge in [0.1, 0.15) is 0 Å². The smallest absolute Gasteiger partial charge is 0.338 e. The van der Waals surface area contributed by atoms with Gasteiger partial charge in [0.15, 0.2) is 0 Å². The lowest BCUT2D eigenvalue weighted by atomic mass is 10.2. The Morgan fingerprint density at radius 2 is 1.71 bits per heavy atom. The van der Waals surface area contributed by atoms with Gasteiger partial charge in [0.2, 0.25) is 0 Å². The molecule has 3 aromatic carbocycles. The first-order valence-electron chi connectivity index (χ1n) is 8.06. The molecule has 0 atom stereocenters. The molecule has 3 rings (SSSR count). The summed E-state index contributed by atoms with van der Waals surface area (Å²) in [6.45, 7) is 0. The molecule has 6 nitrogen and oxygen atoms in total. The number of hydrogen-bond donors (Lipinski definition) is 1. The summed E-state index contributed by atoms with van der Waals surface area (Å²) in [6.07, 6.45) is 0. The zero-order chi connectivity index (χ0) is 19.9. The van der Waals surface area contributed by atoms with E-state index in [4.69, 9.17) is 16.4 Å². The number of hydrogen-bond acceptors (Lipinski definition) is 5. The fraction of sp³-hybridized carbons (Fsp3) is 0. The average Bonchev–Trinajstić information content (AvgIpc) is 2.71. The van der Waals surface area contributed by atoms with Crippen LogP contribution in [-0.4, -0.2) is 11.9 Å². The second-order valence-corrected chi connectivity index (χ2v) is 7.13. The van der Waals surface area contributed by atoms with Gasteiger partial charge in [0.25, 0.3) is 5.91 Å². The van der Waals surface area contributed by atoms with Gasteiger partial charge in [-0.15, -0.1) is 10.2 Å². The van der Waals surface area contributed by atoms with E-state index in [1.807, 2.05) is 12.1 Å². The number of nitrogens with one attached hydrogen (secondary N) is 1. The molecule has 3 aromatic rings. The second kappa shape index (κ2) is 9.43. The van der Waals surface area contributed by atoms with Gasteiger partial charge in [0.05, 0.1) is 22.5 Å². The monoisotopic (exact) mass is 505 g/mol. The van der Waals surface area contributed by atoms with E-state index in [1.165, 1.54) is 6.07 Å². The molecular formula is C20H13ClIN3O3. The molecule has 0 aliphatic carbocycles. The average molecular weight is 506 g/mol. The van der Waals surface area contributed by atoms with Crippen molar-refractivity contribution < 1.29 is 14.4 Å². The van der Waals surface area contributed by atoms with E-state index in [0.29, 0.717) is 27.5 Å². The topological polar surface area (TPSA) is 80.1 Å². The summed E-state index contributed by atoms with van der Waals surface area (Å²) in [5.41, 5.74) is 4.42. The molecule has 0 heterocycles. The third-order valence-corrected chi connectivity index (χ3v) is 4.73. The number of carbonyl (C=O) groups is 2. The fourth-order valence-electron chi connectivity index (χ4n) is 2.17. The van der Waals surface area contributed by atoms with Crippen molar-refractivity contribution in [3.05, 3.63) is 92.5 Å². The number of amides is 1. The van der Waals surface area contributed by atoms with Crippen LogP contribution < -0.4 is 5.48 Å². The Morgan fingerprint density at radius 1 is 0.964 bits per heavy atom. The van der Waals surface area contributed by atoms with E-state index in [2.05, 4.69) is 38.3 Å². The van der Waals surface area contributed by atoms with Gasteiger partial charge in [-0.3, -0.25) is 4.79 Å². The molecule has 0 aliphatic rings. The molecule has 0 bridgehead atoms. The summed E-state index contributed by atoms with van der Waals surface area (Å²) in [7, 11) is 0. The lowest BCUT2D eigenvalue weighted by Crippen LogP contribution is -2.10. The van der Waals surface area contributed by atoms with Crippen LogP contribution in [0.4, 0.5) is 11.4 Å². The normalized spacial score (nSPS) is 10.6. The molecule has 1 N–H and O–H groups in total. The van der Waals surface area contributed by atoms with Gasteiger partial charge in [-0.05, 0) is 77.2 Å². The van der Waals surface area contributed by atoms with E-state index in [9.17, 15) is 9.59 Å². The predicted octanol–water partition coefficient (Wildman–Crippen LogP) is 6.05. The summed E-state index contributed by atoms with van der Waals surface area (Å²) >= 11 is 7.93. The lowest BCUT2D eigenvalue weighted by Gasteiger charge is -2.07. The largest absolute Gasteiger partial charge is 0.362 e. The number of nitrogens with zero attached hydrogens (tertiary/aromatic N) is 2. The minimum atomic E-state index is -0.561. The van der Waals surface area contributed by atoms with Crippen LogP contribution in [0.1, 0.15) is 20.7 Å². The first kappa shape index (κ1) is 20.0. The predicted molar refractivity (Wildman–Crippen MR) is 115 cm³/mol. The minimum absolute atomic E-state index is 0.333. The van der Waals surface area contributed by atoms with Crippen molar-refractivity contribution in [1.82, 2.24) is 0 Å². The maximum atomic E-state index is 12.1. The highest BCUT2D eigenvalue weighted by molar-refractivity contribution is 14.1. The Labute approximate surface area is 179 Å². The van der Waals surface area contributed by atoms with Crippen LogP contribution in [0.5, 0.6) is 0 Å². The Bertz CT molecular complexity index is 1040. The maximum Gasteiger partial charge on any atom is 0.362 e. The molecule has 1 amide bonds. The molecule has 0 unspecified atom stereocenters. The molecule has 8 heteroatoms. The number of benzene rings is 3. The first-order chi connectivity index (χ1) is 13.5. The van der Waals surface area contributed by atoms with Gasteiger partial charge in [-0.1, -0.05) is 29.8 Å². The highest BCUT2D eigenvalue weighted by atomic mass is 127. The van der Waals surface area contributed by atoms with Gasteiger partial charge < -0.3 is 4.84 Å². The SMILES string of the molecule is O=C(ONc1ccc(N=NC(=O)c2ccccc2I)cc1)c1cccc(Cl)c1. The molecule has 0 saturated carbocycles. The van der Waals surface area contributed by atoms with Crippen molar-refractivity contribution in [2.45, 2.75) is 0 Å². The van der Waals surface area contributed by atoms with Crippen LogP contribution in [-0.2, 0) is 4.84 Å². The number of halogens is 2. The Hall–Kier alpha value is -2.78. The molecule has 0 spiro atoms. The zero-order valence-electron chi connectivity index (χ0n) is 14.3. The van der Waals surface area contributed by atoms with Crippen LogP contribution in [0.2, 0.25) is 5.02 Å². The van der Waals surface area contributed by atoms with Crippen LogP contribution in [0, 0.1) is 3.57 Å². The highest BCUT2D eigenvalue weighted by Gasteiger charge is 2.09. The van der Waals surface area contributed by atoms with Crippen molar-refractivity contribution in [2.24, 2.45) is 10.2 Å². The van der Waals surface area contributed by atoms with Crippen molar-refractivity contribution >= 4 is 57.4 Å². The van der Waals surface area contributed by atoms with Crippen molar-refractivity contribution in [2.75, 3.05) is 5.48 Å². The van der Waals surface area contributed by atoms with Crippen LogP contribution >= 0.6 is 34.2 Å². The van der Waals surface area contributed by atoms with Crippen molar-refractivity contribution in [3.63, 3.8) is 0 Å². The maximum absolute atomic E-state index is 12.1. The highest BCUT2D eigenvalue weighted by Crippen LogP contribution is 2.19.